The van der Waals surface area contributed by atoms with Crippen LogP contribution >= 0.6 is 0 Å². The molecule has 0 aliphatic carbocycles. The van der Waals surface area contributed by atoms with Gasteiger partial charge in [-0.2, -0.15) is 0 Å². The van der Waals surface area contributed by atoms with Gasteiger partial charge in [0.1, 0.15) is 11.5 Å². The number of ether oxygens (including phenoxy) is 1. The van der Waals surface area contributed by atoms with E-state index in [1.54, 1.807) is 12.1 Å². The van der Waals surface area contributed by atoms with Gasteiger partial charge in [-0.1, -0.05) is 42.5 Å². The number of benzene rings is 3. The molecule has 1 aliphatic rings. The van der Waals surface area contributed by atoms with Crippen LogP contribution in [0.2, 0.25) is 0 Å². The third-order valence-corrected chi connectivity index (χ3v) is 3.63. The maximum Gasteiger partial charge on any atom is 0.200 e. The quantitative estimate of drug-likeness (QED) is 0.696. The van der Waals surface area contributed by atoms with Gasteiger partial charge < -0.3 is 15.2 Å². The number of phenolic OH excluding ortho intramolecular Hbond substituents is 1. The molecule has 3 aromatic carbocycles. The third-order valence-electron chi connectivity index (χ3n) is 3.63. The summed E-state index contributed by atoms with van der Waals surface area (Å²) < 4.78 is 5.91. The fourth-order valence-electron chi connectivity index (χ4n) is 2.64. The van der Waals surface area contributed by atoms with Crippen molar-refractivity contribution >= 4 is 16.5 Å². The summed E-state index contributed by atoms with van der Waals surface area (Å²) >= 11 is 0. The number of anilines is 1. The van der Waals surface area contributed by atoms with Crippen LogP contribution in [0.1, 0.15) is 11.8 Å². The Balaban J connectivity index is 1.81. The second-order valence-corrected chi connectivity index (χ2v) is 4.86. The van der Waals surface area contributed by atoms with E-state index in [1.165, 1.54) is 5.39 Å². The van der Waals surface area contributed by atoms with Crippen molar-refractivity contribution in [2.45, 2.75) is 6.23 Å². The minimum absolute atomic E-state index is 0.238. The lowest BCUT2D eigenvalue weighted by atomic mass is 10.1. The molecule has 1 aliphatic heterocycles. The maximum atomic E-state index is 9.94. The van der Waals surface area contributed by atoms with Crippen LogP contribution in [-0.4, -0.2) is 5.11 Å². The first kappa shape index (κ1) is 11.2. The number of rotatable bonds is 1. The lowest BCUT2D eigenvalue weighted by Gasteiger charge is -2.12. The monoisotopic (exact) mass is 263 g/mol. The lowest BCUT2D eigenvalue weighted by molar-refractivity contribution is 0.254. The second-order valence-electron chi connectivity index (χ2n) is 4.86. The zero-order chi connectivity index (χ0) is 13.5. The van der Waals surface area contributed by atoms with Crippen LogP contribution in [0.15, 0.2) is 60.7 Å². The molecule has 3 aromatic rings. The van der Waals surface area contributed by atoms with E-state index in [-0.39, 0.29) is 12.0 Å². The van der Waals surface area contributed by atoms with Gasteiger partial charge in [-0.05, 0) is 23.6 Å². The summed E-state index contributed by atoms with van der Waals surface area (Å²) in [5, 5.41) is 15.6. The molecule has 0 bridgehead atoms. The number of hydrogen-bond donors (Lipinski definition) is 2. The number of hydrogen-bond acceptors (Lipinski definition) is 3. The Hall–Kier alpha value is -2.68. The van der Waals surface area contributed by atoms with Crippen LogP contribution in [0, 0.1) is 0 Å². The first-order valence-corrected chi connectivity index (χ1v) is 6.56. The van der Waals surface area contributed by atoms with Crippen molar-refractivity contribution in [1.82, 2.24) is 0 Å². The Bertz CT molecular complexity index is 798. The summed E-state index contributed by atoms with van der Waals surface area (Å²) in [6.07, 6.45) is -0.350. The number of fused-ring (bicyclic) bond motifs is 3. The van der Waals surface area contributed by atoms with E-state index in [2.05, 4.69) is 17.4 Å². The van der Waals surface area contributed by atoms with Crippen molar-refractivity contribution < 1.29 is 9.84 Å². The molecular weight excluding hydrogens is 250 g/mol. The van der Waals surface area contributed by atoms with Gasteiger partial charge in [0.15, 0.2) is 6.23 Å². The molecule has 1 heterocycles. The van der Waals surface area contributed by atoms with Crippen molar-refractivity contribution in [2.24, 2.45) is 0 Å². The van der Waals surface area contributed by atoms with Crippen LogP contribution < -0.4 is 10.1 Å². The van der Waals surface area contributed by atoms with E-state index in [0.29, 0.717) is 0 Å². The Morgan fingerprint density at radius 2 is 1.70 bits per heavy atom. The molecule has 0 saturated heterocycles. The molecule has 98 valence electrons. The van der Waals surface area contributed by atoms with Crippen molar-refractivity contribution in [3.05, 3.63) is 66.2 Å². The van der Waals surface area contributed by atoms with Crippen LogP contribution in [0.25, 0.3) is 10.8 Å². The summed E-state index contributed by atoms with van der Waals surface area (Å²) in [5.41, 5.74) is 1.73. The minimum atomic E-state index is -0.350. The summed E-state index contributed by atoms with van der Waals surface area (Å²) in [4.78, 5) is 0. The molecule has 0 fully saturated rings. The Morgan fingerprint density at radius 3 is 2.60 bits per heavy atom. The number of aromatic hydroxyl groups is 1. The standard InChI is InChI=1S/C17H13NO2/c19-14-8-4-3-7-13(14)17-18-16-12-6-2-1-5-11(12)9-10-15(16)20-17/h1-10,17-19H/t17-/m0/s1. The molecule has 0 radical (unpaired) electrons. The highest BCUT2D eigenvalue weighted by Crippen LogP contribution is 2.43. The number of para-hydroxylation sites is 1. The van der Waals surface area contributed by atoms with Gasteiger partial charge in [-0.15, -0.1) is 0 Å². The summed E-state index contributed by atoms with van der Waals surface area (Å²) in [6.45, 7) is 0. The van der Waals surface area contributed by atoms with Gasteiger partial charge in [-0.3, -0.25) is 0 Å². The molecule has 3 nitrogen and oxygen atoms in total. The molecule has 0 aromatic heterocycles. The van der Waals surface area contributed by atoms with Crippen LogP contribution in [0.4, 0.5) is 5.69 Å². The highest BCUT2D eigenvalue weighted by Gasteiger charge is 2.26. The molecule has 0 saturated carbocycles. The van der Waals surface area contributed by atoms with E-state index in [4.69, 9.17) is 4.74 Å². The third kappa shape index (κ3) is 1.60. The number of nitrogens with one attached hydrogen (secondary N) is 1. The number of phenols is 1. The molecule has 4 rings (SSSR count). The van der Waals surface area contributed by atoms with E-state index in [0.717, 1.165) is 22.4 Å². The molecule has 0 spiro atoms. The van der Waals surface area contributed by atoms with Crippen molar-refractivity contribution in [1.29, 1.82) is 0 Å². The summed E-state index contributed by atoms with van der Waals surface area (Å²) in [5.74, 6) is 1.05. The Labute approximate surface area is 116 Å². The van der Waals surface area contributed by atoms with E-state index in [9.17, 15) is 5.11 Å². The van der Waals surface area contributed by atoms with Gasteiger partial charge in [-0.25, -0.2) is 0 Å². The molecule has 20 heavy (non-hydrogen) atoms. The molecular formula is C17H13NO2. The van der Waals surface area contributed by atoms with Crippen molar-refractivity contribution in [3.8, 4) is 11.5 Å². The molecule has 0 amide bonds. The predicted molar refractivity (Wildman–Crippen MR) is 79.0 cm³/mol. The molecule has 2 N–H and O–H groups in total. The van der Waals surface area contributed by atoms with Gasteiger partial charge in [0.2, 0.25) is 0 Å². The van der Waals surface area contributed by atoms with Gasteiger partial charge in [0.05, 0.1) is 11.3 Å². The summed E-state index contributed by atoms with van der Waals surface area (Å²) in [7, 11) is 0. The van der Waals surface area contributed by atoms with Gasteiger partial charge >= 0.3 is 0 Å². The highest BCUT2D eigenvalue weighted by molar-refractivity contribution is 5.97. The first-order valence-electron chi connectivity index (χ1n) is 6.56. The molecule has 1 atom stereocenters. The fourth-order valence-corrected chi connectivity index (χ4v) is 2.64. The Morgan fingerprint density at radius 1 is 0.900 bits per heavy atom. The second kappa shape index (κ2) is 4.17. The molecule has 3 heteroatoms. The van der Waals surface area contributed by atoms with Crippen molar-refractivity contribution in [3.63, 3.8) is 0 Å². The Kier molecular flexibility index (Phi) is 2.33. The smallest absolute Gasteiger partial charge is 0.200 e. The SMILES string of the molecule is Oc1ccccc1[C@H]1Nc2c(ccc3ccccc23)O1. The zero-order valence-corrected chi connectivity index (χ0v) is 10.7. The highest BCUT2D eigenvalue weighted by atomic mass is 16.5. The zero-order valence-electron chi connectivity index (χ0n) is 10.7. The minimum Gasteiger partial charge on any atom is -0.507 e. The largest absolute Gasteiger partial charge is 0.507 e. The van der Waals surface area contributed by atoms with Crippen LogP contribution in [0.3, 0.4) is 0 Å². The van der Waals surface area contributed by atoms with Crippen LogP contribution in [-0.2, 0) is 0 Å². The van der Waals surface area contributed by atoms with Crippen LogP contribution in [0.5, 0.6) is 11.5 Å². The normalized spacial score (nSPS) is 16.5. The van der Waals surface area contributed by atoms with E-state index < -0.39 is 0 Å². The first-order chi connectivity index (χ1) is 9.83. The topological polar surface area (TPSA) is 41.5 Å². The lowest BCUT2D eigenvalue weighted by Crippen LogP contribution is -2.10. The van der Waals surface area contributed by atoms with Gasteiger partial charge in [0, 0.05) is 5.39 Å². The van der Waals surface area contributed by atoms with Gasteiger partial charge in [0.25, 0.3) is 0 Å². The average Bonchev–Trinajstić information content (AvgIpc) is 2.92. The molecule has 0 unspecified atom stereocenters. The fraction of sp³-hybridized carbons (Fsp3) is 0.0588. The maximum absolute atomic E-state index is 9.94. The average molecular weight is 263 g/mol. The van der Waals surface area contributed by atoms with E-state index >= 15 is 0 Å². The van der Waals surface area contributed by atoms with E-state index in [1.807, 2.05) is 36.4 Å². The predicted octanol–water partition coefficient (Wildman–Crippen LogP) is 4.05. The summed E-state index contributed by atoms with van der Waals surface area (Å²) in [6, 6.07) is 19.4. The van der Waals surface area contributed by atoms with Crippen molar-refractivity contribution in [2.75, 3.05) is 5.32 Å².